The van der Waals surface area contributed by atoms with Gasteiger partial charge in [-0.2, -0.15) is 5.10 Å². The molecule has 0 saturated carbocycles. The Morgan fingerprint density at radius 1 is 1.72 bits per heavy atom. The van der Waals surface area contributed by atoms with Crippen molar-refractivity contribution in [1.82, 2.24) is 20.4 Å². The second-order valence-corrected chi connectivity index (χ2v) is 4.73. The molecule has 102 valence electrons. The summed E-state index contributed by atoms with van der Waals surface area (Å²) in [7, 11) is 1.88. The molecular formula is C12H21ClN4O. The minimum absolute atomic E-state index is 0. The Kier molecular flexibility index (Phi) is 5.62. The van der Waals surface area contributed by atoms with Crippen molar-refractivity contribution in [2.24, 2.45) is 7.05 Å². The van der Waals surface area contributed by atoms with E-state index in [2.05, 4.69) is 15.7 Å². The van der Waals surface area contributed by atoms with Crippen molar-refractivity contribution in [3.05, 3.63) is 18.0 Å². The third-order valence-corrected chi connectivity index (χ3v) is 3.20. The molecule has 18 heavy (non-hydrogen) atoms. The topological polar surface area (TPSA) is 59.0 Å². The Balaban J connectivity index is 0.00000162. The summed E-state index contributed by atoms with van der Waals surface area (Å²) in [6.07, 6.45) is 6.58. The first kappa shape index (κ1) is 15.0. The highest BCUT2D eigenvalue weighted by Crippen LogP contribution is 2.12. The number of halogens is 1. The maximum Gasteiger partial charge on any atom is 0.222 e. The number of hydrogen-bond acceptors (Lipinski definition) is 3. The third kappa shape index (κ3) is 3.99. The Labute approximate surface area is 114 Å². The molecule has 2 unspecified atom stereocenters. The lowest BCUT2D eigenvalue weighted by Crippen LogP contribution is -2.33. The van der Waals surface area contributed by atoms with Crippen molar-refractivity contribution >= 4 is 18.3 Å². The number of aromatic nitrogens is 2. The first-order valence-corrected chi connectivity index (χ1v) is 6.16. The normalized spacial score (nSPS) is 20.2. The van der Waals surface area contributed by atoms with Gasteiger partial charge in [0, 0.05) is 31.3 Å². The molecule has 1 aliphatic heterocycles. The van der Waals surface area contributed by atoms with E-state index in [1.807, 2.05) is 20.2 Å². The molecule has 0 aliphatic carbocycles. The van der Waals surface area contributed by atoms with Gasteiger partial charge in [0.25, 0.3) is 0 Å². The number of nitrogens with zero attached hydrogens (tertiary/aromatic N) is 2. The summed E-state index contributed by atoms with van der Waals surface area (Å²) in [6.45, 7) is 3.02. The molecule has 1 aliphatic rings. The van der Waals surface area contributed by atoms with E-state index in [4.69, 9.17) is 0 Å². The summed E-state index contributed by atoms with van der Waals surface area (Å²) in [5, 5.41) is 10.4. The van der Waals surface area contributed by atoms with Crippen LogP contribution in [0.1, 0.15) is 37.8 Å². The molecule has 2 N–H and O–H groups in total. The number of carbonyl (C=O) groups excluding carboxylic acids is 1. The number of amides is 1. The minimum atomic E-state index is 0. The van der Waals surface area contributed by atoms with Crippen LogP contribution in [-0.4, -0.2) is 28.3 Å². The minimum Gasteiger partial charge on any atom is -0.349 e. The van der Waals surface area contributed by atoms with E-state index in [0.717, 1.165) is 18.5 Å². The van der Waals surface area contributed by atoms with Crippen LogP contribution < -0.4 is 10.6 Å². The van der Waals surface area contributed by atoms with E-state index in [-0.39, 0.29) is 24.4 Å². The van der Waals surface area contributed by atoms with Gasteiger partial charge in [-0.3, -0.25) is 9.48 Å². The Morgan fingerprint density at radius 3 is 3.06 bits per heavy atom. The van der Waals surface area contributed by atoms with Gasteiger partial charge in [-0.1, -0.05) is 0 Å². The fourth-order valence-corrected chi connectivity index (χ4v) is 2.20. The fourth-order valence-electron chi connectivity index (χ4n) is 2.20. The molecule has 1 fully saturated rings. The van der Waals surface area contributed by atoms with Gasteiger partial charge in [0.2, 0.25) is 5.91 Å². The van der Waals surface area contributed by atoms with E-state index >= 15 is 0 Å². The zero-order valence-electron chi connectivity index (χ0n) is 10.8. The van der Waals surface area contributed by atoms with E-state index in [1.54, 1.807) is 10.9 Å². The van der Waals surface area contributed by atoms with Crippen LogP contribution in [-0.2, 0) is 11.8 Å². The van der Waals surface area contributed by atoms with Gasteiger partial charge in [0.1, 0.15) is 0 Å². The molecule has 0 bridgehead atoms. The van der Waals surface area contributed by atoms with Gasteiger partial charge in [-0.15, -0.1) is 12.4 Å². The molecule has 0 spiro atoms. The molecule has 5 nitrogen and oxygen atoms in total. The summed E-state index contributed by atoms with van der Waals surface area (Å²) in [4.78, 5) is 11.8. The van der Waals surface area contributed by atoms with E-state index in [0.29, 0.717) is 12.5 Å². The summed E-state index contributed by atoms with van der Waals surface area (Å²) in [5.74, 6) is 0.112. The van der Waals surface area contributed by atoms with Crippen LogP contribution in [0, 0.1) is 0 Å². The predicted octanol–water partition coefficient (Wildman–Crippen LogP) is 1.16. The molecule has 1 aromatic rings. The summed E-state index contributed by atoms with van der Waals surface area (Å²) in [5.41, 5.74) is 1.04. The Bertz CT molecular complexity index is 387. The van der Waals surface area contributed by atoms with Crippen molar-refractivity contribution in [1.29, 1.82) is 0 Å². The lowest BCUT2D eigenvalue weighted by atomic mass is 10.1. The van der Waals surface area contributed by atoms with Crippen LogP contribution in [0.3, 0.4) is 0 Å². The molecule has 1 amide bonds. The average molecular weight is 273 g/mol. The second-order valence-electron chi connectivity index (χ2n) is 4.73. The summed E-state index contributed by atoms with van der Waals surface area (Å²) in [6, 6.07) is 0.383. The van der Waals surface area contributed by atoms with E-state index in [9.17, 15) is 4.79 Å². The van der Waals surface area contributed by atoms with E-state index in [1.165, 1.54) is 6.42 Å². The molecule has 2 rings (SSSR count). The lowest BCUT2D eigenvalue weighted by molar-refractivity contribution is -0.122. The van der Waals surface area contributed by atoms with Crippen molar-refractivity contribution in [2.45, 2.75) is 38.3 Å². The maximum absolute atomic E-state index is 11.8. The fraction of sp³-hybridized carbons (Fsp3) is 0.667. The van der Waals surface area contributed by atoms with Crippen molar-refractivity contribution < 1.29 is 4.79 Å². The van der Waals surface area contributed by atoms with Gasteiger partial charge < -0.3 is 10.6 Å². The van der Waals surface area contributed by atoms with Crippen LogP contribution in [0.2, 0.25) is 0 Å². The van der Waals surface area contributed by atoms with Crippen LogP contribution >= 0.6 is 12.4 Å². The summed E-state index contributed by atoms with van der Waals surface area (Å²) >= 11 is 0. The van der Waals surface area contributed by atoms with Gasteiger partial charge >= 0.3 is 0 Å². The smallest absolute Gasteiger partial charge is 0.222 e. The largest absolute Gasteiger partial charge is 0.349 e. The highest BCUT2D eigenvalue weighted by Gasteiger charge is 2.19. The molecule has 1 saturated heterocycles. The number of carbonyl (C=O) groups is 1. The van der Waals surface area contributed by atoms with Crippen molar-refractivity contribution in [3.63, 3.8) is 0 Å². The zero-order chi connectivity index (χ0) is 12.3. The Morgan fingerprint density at radius 2 is 2.50 bits per heavy atom. The quantitative estimate of drug-likeness (QED) is 0.865. The van der Waals surface area contributed by atoms with Crippen molar-refractivity contribution in [2.75, 3.05) is 6.54 Å². The van der Waals surface area contributed by atoms with Crippen molar-refractivity contribution in [3.8, 4) is 0 Å². The molecule has 2 atom stereocenters. The maximum atomic E-state index is 11.8. The lowest BCUT2D eigenvalue weighted by Gasteiger charge is -2.14. The Hall–Kier alpha value is -1.07. The van der Waals surface area contributed by atoms with Gasteiger partial charge in [0.15, 0.2) is 0 Å². The van der Waals surface area contributed by atoms with Crippen LogP contribution in [0.15, 0.2) is 12.4 Å². The zero-order valence-corrected chi connectivity index (χ0v) is 11.7. The van der Waals surface area contributed by atoms with Crippen LogP contribution in [0.25, 0.3) is 0 Å². The van der Waals surface area contributed by atoms with Gasteiger partial charge in [-0.25, -0.2) is 0 Å². The molecule has 0 aromatic carbocycles. The average Bonchev–Trinajstić information content (AvgIpc) is 2.89. The first-order valence-electron chi connectivity index (χ1n) is 6.16. The third-order valence-electron chi connectivity index (χ3n) is 3.20. The molecular weight excluding hydrogens is 252 g/mol. The van der Waals surface area contributed by atoms with Crippen LogP contribution in [0.5, 0.6) is 0 Å². The molecule has 2 heterocycles. The molecule has 0 radical (unpaired) electrons. The highest BCUT2D eigenvalue weighted by atomic mass is 35.5. The molecule has 1 aromatic heterocycles. The monoisotopic (exact) mass is 272 g/mol. The summed E-state index contributed by atoms with van der Waals surface area (Å²) < 4.78 is 1.75. The number of rotatable bonds is 4. The van der Waals surface area contributed by atoms with Gasteiger partial charge in [-0.05, 0) is 26.3 Å². The van der Waals surface area contributed by atoms with E-state index < -0.39 is 0 Å². The molecule has 6 heteroatoms. The number of hydrogen-bond donors (Lipinski definition) is 2. The number of aryl methyl sites for hydroxylation is 1. The first-order chi connectivity index (χ1) is 8.15. The number of nitrogens with one attached hydrogen (secondary N) is 2. The van der Waals surface area contributed by atoms with Gasteiger partial charge in [0.05, 0.1) is 12.2 Å². The second kappa shape index (κ2) is 6.75. The highest BCUT2D eigenvalue weighted by molar-refractivity contribution is 5.85. The van der Waals surface area contributed by atoms with Crippen LogP contribution in [0.4, 0.5) is 0 Å². The SMILES string of the molecule is CC(NC(=O)CC1CCCN1)c1cnn(C)c1.Cl. The standard InChI is InChI=1S/C12H20N4O.ClH/c1-9(10-7-14-16(2)8-10)15-12(17)6-11-4-3-5-13-11;/h7-9,11,13H,3-6H2,1-2H3,(H,15,17);1H. The predicted molar refractivity (Wildman–Crippen MR) is 72.7 cm³/mol.